The lowest BCUT2D eigenvalue weighted by atomic mass is 9.98. The molecule has 0 saturated heterocycles. The lowest BCUT2D eigenvalue weighted by Gasteiger charge is -2.18. The predicted octanol–water partition coefficient (Wildman–Crippen LogP) is 0.847. The van der Waals surface area contributed by atoms with E-state index >= 15 is 0 Å². The first-order valence-corrected chi connectivity index (χ1v) is 5.66. The lowest BCUT2D eigenvalue weighted by molar-refractivity contribution is -0.147. The standard InChI is InChI=1S/C13H16O5/c1-2-18-12(16)7-11(15)13(17)10-6-4-3-5-9(10)8-14/h3-6,8,11,13,15,17H,2,7H2,1H3. The molecule has 5 nitrogen and oxygen atoms in total. The van der Waals surface area contributed by atoms with Crippen LogP contribution in [0.2, 0.25) is 0 Å². The van der Waals surface area contributed by atoms with Crippen molar-refractivity contribution in [2.24, 2.45) is 0 Å². The Kier molecular flexibility index (Phi) is 5.48. The minimum Gasteiger partial charge on any atom is -0.466 e. The number of esters is 1. The molecule has 5 heteroatoms. The molecule has 0 saturated carbocycles. The van der Waals surface area contributed by atoms with Gasteiger partial charge in [0.25, 0.3) is 0 Å². The smallest absolute Gasteiger partial charge is 0.308 e. The van der Waals surface area contributed by atoms with Crippen LogP contribution in [0, 0.1) is 0 Å². The zero-order valence-electron chi connectivity index (χ0n) is 10.1. The summed E-state index contributed by atoms with van der Waals surface area (Å²) in [5.41, 5.74) is 0.581. The topological polar surface area (TPSA) is 83.8 Å². The first-order valence-electron chi connectivity index (χ1n) is 5.66. The van der Waals surface area contributed by atoms with E-state index in [1.165, 1.54) is 12.1 Å². The van der Waals surface area contributed by atoms with Crippen molar-refractivity contribution in [1.29, 1.82) is 0 Å². The Morgan fingerprint density at radius 3 is 2.67 bits per heavy atom. The Bertz CT molecular complexity index is 416. The van der Waals surface area contributed by atoms with Gasteiger partial charge in [-0.25, -0.2) is 0 Å². The number of benzene rings is 1. The molecule has 0 aromatic heterocycles. The average molecular weight is 252 g/mol. The highest BCUT2D eigenvalue weighted by Crippen LogP contribution is 2.22. The van der Waals surface area contributed by atoms with Crippen molar-refractivity contribution < 1.29 is 24.5 Å². The summed E-state index contributed by atoms with van der Waals surface area (Å²) >= 11 is 0. The van der Waals surface area contributed by atoms with Crippen LogP contribution in [-0.2, 0) is 9.53 Å². The average Bonchev–Trinajstić information content (AvgIpc) is 2.38. The molecular formula is C13H16O5. The maximum Gasteiger partial charge on any atom is 0.308 e. The van der Waals surface area contributed by atoms with Crippen LogP contribution in [0.3, 0.4) is 0 Å². The van der Waals surface area contributed by atoms with E-state index in [0.29, 0.717) is 11.8 Å². The van der Waals surface area contributed by atoms with E-state index in [-0.39, 0.29) is 18.6 Å². The second kappa shape index (κ2) is 6.88. The number of carbonyl (C=O) groups excluding carboxylic acids is 2. The van der Waals surface area contributed by atoms with Crippen molar-refractivity contribution in [2.75, 3.05) is 6.61 Å². The minimum atomic E-state index is -1.30. The molecule has 0 radical (unpaired) electrons. The van der Waals surface area contributed by atoms with Gasteiger partial charge in [0.15, 0.2) is 0 Å². The highest BCUT2D eigenvalue weighted by atomic mass is 16.5. The number of ether oxygens (including phenoxy) is 1. The number of aliphatic hydroxyl groups is 2. The molecule has 2 unspecified atom stereocenters. The molecular weight excluding hydrogens is 236 g/mol. The predicted molar refractivity (Wildman–Crippen MR) is 64.0 cm³/mol. The van der Waals surface area contributed by atoms with Gasteiger partial charge in [-0.05, 0) is 12.5 Å². The van der Waals surface area contributed by atoms with Gasteiger partial charge in [-0.1, -0.05) is 24.3 Å². The molecule has 1 aromatic carbocycles. The zero-order valence-corrected chi connectivity index (χ0v) is 10.1. The number of hydrogen-bond acceptors (Lipinski definition) is 5. The summed E-state index contributed by atoms with van der Waals surface area (Å²) in [4.78, 5) is 22.0. The fraction of sp³-hybridized carbons (Fsp3) is 0.385. The summed E-state index contributed by atoms with van der Waals surface area (Å²) in [6.07, 6.45) is -2.32. The fourth-order valence-electron chi connectivity index (χ4n) is 1.60. The molecule has 0 spiro atoms. The van der Waals surface area contributed by atoms with Gasteiger partial charge < -0.3 is 14.9 Å². The van der Waals surface area contributed by atoms with Gasteiger partial charge in [-0.3, -0.25) is 9.59 Å². The Labute approximate surface area is 105 Å². The molecule has 18 heavy (non-hydrogen) atoms. The molecule has 1 aromatic rings. The normalized spacial score (nSPS) is 13.7. The third-order valence-electron chi connectivity index (χ3n) is 2.49. The third-order valence-corrected chi connectivity index (χ3v) is 2.49. The molecule has 0 heterocycles. The number of aliphatic hydroxyl groups excluding tert-OH is 2. The van der Waals surface area contributed by atoms with E-state index in [1.807, 2.05) is 0 Å². The molecule has 2 N–H and O–H groups in total. The molecule has 0 aliphatic rings. The van der Waals surface area contributed by atoms with Gasteiger partial charge in [-0.15, -0.1) is 0 Å². The Morgan fingerprint density at radius 1 is 1.39 bits per heavy atom. The van der Waals surface area contributed by atoms with Crippen LogP contribution in [-0.4, -0.2) is 35.2 Å². The SMILES string of the molecule is CCOC(=O)CC(O)C(O)c1ccccc1C=O. The largest absolute Gasteiger partial charge is 0.466 e. The highest BCUT2D eigenvalue weighted by molar-refractivity contribution is 5.77. The van der Waals surface area contributed by atoms with Gasteiger partial charge in [0.05, 0.1) is 19.1 Å². The second-order valence-corrected chi connectivity index (χ2v) is 3.77. The van der Waals surface area contributed by atoms with Crippen molar-refractivity contribution in [1.82, 2.24) is 0 Å². The Morgan fingerprint density at radius 2 is 2.06 bits per heavy atom. The number of rotatable bonds is 6. The molecule has 0 amide bonds. The summed E-state index contributed by atoms with van der Waals surface area (Å²) in [7, 11) is 0. The summed E-state index contributed by atoms with van der Waals surface area (Å²) < 4.78 is 4.68. The van der Waals surface area contributed by atoms with Crippen LogP contribution in [0.5, 0.6) is 0 Å². The van der Waals surface area contributed by atoms with E-state index in [4.69, 9.17) is 0 Å². The van der Waals surface area contributed by atoms with Crippen LogP contribution in [0.15, 0.2) is 24.3 Å². The van der Waals surface area contributed by atoms with Crippen molar-refractivity contribution in [2.45, 2.75) is 25.6 Å². The maximum atomic E-state index is 11.2. The van der Waals surface area contributed by atoms with Gasteiger partial charge in [-0.2, -0.15) is 0 Å². The van der Waals surface area contributed by atoms with Crippen molar-refractivity contribution in [3.05, 3.63) is 35.4 Å². The second-order valence-electron chi connectivity index (χ2n) is 3.77. The van der Waals surface area contributed by atoms with Crippen molar-refractivity contribution in [3.8, 4) is 0 Å². The molecule has 0 aliphatic carbocycles. The quantitative estimate of drug-likeness (QED) is 0.579. The van der Waals surface area contributed by atoms with Crippen LogP contribution in [0.1, 0.15) is 35.4 Å². The van der Waals surface area contributed by atoms with Gasteiger partial charge >= 0.3 is 5.97 Å². The van der Waals surface area contributed by atoms with Crippen LogP contribution >= 0.6 is 0 Å². The molecule has 2 atom stereocenters. The summed E-state index contributed by atoms with van der Waals surface area (Å²) in [5, 5.41) is 19.6. The molecule has 0 aliphatic heterocycles. The Balaban J connectivity index is 2.76. The first-order chi connectivity index (χ1) is 8.60. The number of carbonyl (C=O) groups is 2. The molecule has 0 fully saturated rings. The lowest BCUT2D eigenvalue weighted by Crippen LogP contribution is -2.24. The number of aldehydes is 1. The van der Waals surface area contributed by atoms with E-state index in [9.17, 15) is 19.8 Å². The van der Waals surface area contributed by atoms with E-state index in [0.717, 1.165) is 0 Å². The van der Waals surface area contributed by atoms with Crippen LogP contribution in [0.25, 0.3) is 0 Å². The minimum absolute atomic E-state index is 0.215. The fourth-order valence-corrected chi connectivity index (χ4v) is 1.60. The van der Waals surface area contributed by atoms with Crippen LogP contribution < -0.4 is 0 Å². The van der Waals surface area contributed by atoms with Crippen LogP contribution in [0.4, 0.5) is 0 Å². The molecule has 1 rings (SSSR count). The molecule has 98 valence electrons. The summed E-state index contributed by atoms with van der Waals surface area (Å²) in [6, 6.07) is 6.35. The third kappa shape index (κ3) is 3.65. The molecule has 0 bridgehead atoms. The maximum absolute atomic E-state index is 11.2. The monoisotopic (exact) mass is 252 g/mol. The van der Waals surface area contributed by atoms with Gasteiger partial charge in [0.1, 0.15) is 12.4 Å². The van der Waals surface area contributed by atoms with Crippen molar-refractivity contribution in [3.63, 3.8) is 0 Å². The first kappa shape index (κ1) is 14.3. The highest BCUT2D eigenvalue weighted by Gasteiger charge is 2.23. The summed E-state index contributed by atoms with van der Waals surface area (Å²) in [5.74, 6) is -0.590. The van der Waals surface area contributed by atoms with Gasteiger partial charge in [0, 0.05) is 5.56 Å². The van der Waals surface area contributed by atoms with E-state index < -0.39 is 18.2 Å². The Hall–Kier alpha value is -1.72. The zero-order chi connectivity index (χ0) is 13.5. The number of hydrogen-bond donors (Lipinski definition) is 2. The van der Waals surface area contributed by atoms with Gasteiger partial charge in [0.2, 0.25) is 0 Å². The van der Waals surface area contributed by atoms with E-state index in [1.54, 1.807) is 19.1 Å². The summed E-state index contributed by atoms with van der Waals surface area (Å²) in [6.45, 7) is 1.87. The van der Waals surface area contributed by atoms with E-state index in [2.05, 4.69) is 4.74 Å². The van der Waals surface area contributed by atoms with Crippen molar-refractivity contribution >= 4 is 12.3 Å².